The summed E-state index contributed by atoms with van der Waals surface area (Å²) in [6.07, 6.45) is 10.4. The molecule has 2 N–H and O–H groups in total. The van der Waals surface area contributed by atoms with E-state index < -0.39 is 33.9 Å². The average Bonchev–Trinajstić information content (AvgIpc) is 3.45. The number of nitrogens with one attached hydrogen (secondary N) is 1. The smallest absolute Gasteiger partial charge is 0.412 e. The van der Waals surface area contributed by atoms with Gasteiger partial charge >= 0.3 is 12.1 Å². The minimum Gasteiger partial charge on any atom is -0.507 e. The van der Waals surface area contributed by atoms with Crippen LogP contribution in [0.1, 0.15) is 105 Å². The molecule has 2 aliphatic heterocycles. The molecular formula is C45H70N2O7SSi2. The number of carbonyl (C=O) groups is 3. The van der Waals surface area contributed by atoms with E-state index in [0.717, 1.165) is 55.7 Å². The summed E-state index contributed by atoms with van der Waals surface area (Å²) < 4.78 is 18.6. The largest absolute Gasteiger partial charge is 0.507 e. The van der Waals surface area contributed by atoms with Gasteiger partial charge in [0.1, 0.15) is 28.0 Å². The van der Waals surface area contributed by atoms with E-state index in [1.807, 2.05) is 32.9 Å². The first kappa shape index (κ1) is 46.6. The molecule has 0 spiro atoms. The molecule has 3 aliphatic rings. The number of amides is 2. The summed E-state index contributed by atoms with van der Waals surface area (Å²) in [6, 6.07) is 4.52. The highest BCUT2D eigenvalue weighted by molar-refractivity contribution is 8.04. The summed E-state index contributed by atoms with van der Waals surface area (Å²) in [5, 5.41) is 13.9. The first-order chi connectivity index (χ1) is 26.4. The lowest BCUT2D eigenvalue weighted by Crippen LogP contribution is -2.69. The lowest BCUT2D eigenvalue weighted by molar-refractivity contribution is -0.170. The quantitative estimate of drug-likeness (QED) is 0.0524. The van der Waals surface area contributed by atoms with E-state index in [9.17, 15) is 19.5 Å². The van der Waals surface area contributed by atoms with Crippen LogP contribution in [0.15, 0.2) is 58.7 Å². The van der Waals surface area contributed by atoms with Gasteiger partial charge in [0.15, 0.2) is 8.32 Å². The highest BCUT2D eigenvalue weighted by atomic mass is 32.2. The maximum atomic E-state index is 14.1. The maximum Gasteiger partial charge on any atom is 0.412 e. The predicted molar refractivity (Wildman–Crippen MR) is 239 cm³/mol. The number of nitrogens with zero attached hydrogens (tertiary/aromatic N) is 1. The molecule has 9 nitrogen and oxygen atoms in total. The minimum absolute atomic E-state index is 0.0308. The molecule has 316 valence electrons. The highest BCUT2D eigenvalue weighted by Gasteiger charge is 2.67. The molecule has 1 aromatic carbocycles. The fraction of sp³-hybridized carbons (Fsp3) is 0.622. The molecule has 0 aromatic heterocycles. The van der Waals surface area contributed by atoms with Crippen molar-refractivity contribution in [1.82, 2.24) is 10.2 Å². The maximum absolute atomic E-state index is 14.1. The van der Waals surface area contributed by atoms with Crippen molar-refractivity contribution in [2.75, 3.05) is 13.2 Å². The Morgan fingerprint density at radius 3 is 2.47 bits per heavy atom. The van der Waals surface area contributed by atoms with E-state index in [0.29, 0.717) is 22.8 Å². The Morgan fingerprint density at radius 2 is 1.86 bits per heavy atom. The molecular weight excluding hydrogens is 769 g/mol. The van der Waals surface area contributed by atoms with Gasteiger partial charge in [0, 0.05) is 31.0 Å². The summed E-state index contributed by atoms with van der Waals surface area (Å²) in [5.74, 6) is -0.268. The number of β-lactam (4-membered cyclic amide) rings is 1. The van der Waals surface area contributed by atoms with Crippen molar-refractivity contribution in [3.8, 4) is 11.5 Å². The lowest BCUT2D eigenvalue weighted by atomic mass is 9.73. The van der Waals surface area contributed by atoms with Gasteiger partial charge < -0.3 is 24.3 Å². The summed E-state index contributed by atoms with van der Waals surface area (Å²) in [4.78, 5) is 43.4. The fourth-order valence-electron chi connectivity index (χ4n) is 7.47. The molecule has 1 aromatic rings. The van der Waals surface area contributed by atoms with Crippen LogP contribution in [-0.2, 0) is 25.2 Å². The van der Waals surface area contributed by atoms with Crippen LogP contribution < -0.4 is 10.1 Å². The van der Waals surface area contributed by atoms with Crippen LogP contribution >= 0.6 is 11.8 Å². The van der Waals surface area contributed by atoms with Crippen LogP contribution in [0.25, 0.3) is 0 Å². The molecule has 1 aliphatic carbocycles. The Bertz CT molecular complexity index is 1790. The Balaban J connectivity index is 1.56. The molecule has 2 amide bonds. The highest BCUT2D eigenvalue weighted by Crippen LogP contribution is 2.58. The summed E-state index contributed by atoms with van der Waals surface area (Å²) in [7, 11) is -3.67. The first-order valence-corrected chi connectivity index (χ1v) is 28.3. The molecule has 0 saturated carbocycles. The molecule has 2 heterocycles. The van der Waals surface area contributed by atoms with Crippen molar-refractivity contribution < 1.29 is 33.4 Å². The van der Waals surface area contributed by atoms with E-state index in [-0.39, 0.29) is 52.3 Å². The van der Waals surface area contributed by atoms with Gasteiger partial charge in [-0.1, -0.05) is 102 Å². The number of hydrogen-bond donors (Lipinski definition) is 2. The Kier molecular flexibility index (Phi) is 15.1. The van der Waals surface area contributed by atoms with Gasteiger partial charge in [-0.15, -0.1) is 0 Å². The van der Waals surface area contributed by atoms with Crippen molar-refractivity contribution >= 4 is 46.1 Å². The van der Waals surface area contributed by atoms with Crippen LogP contribution in [-0.4, -0.2) is 69.0 Å². The van der Waals surface area contributed by atoms with Crippen LogP contribution in [0.4, 0.5) is 4.79 Å². The van der Waals surface area contributed by atoms with Crippen molar-refractivity contribution in [1.29, 1.82) is 0 Å². The standard InChI is InChI=1S/C45H70N2O7SSi2/c1-15-16-17-19-32-27-35(48)38(34-26-30(4)21-22-33(34)29(2)3)36(28-32)53-43(51)46-23-18-20-37-39(40(49)52-24-25-56(10,11)12)47-41(50)45(9,42(47)55-37)31(5)54-57(13,14)44(6,7)8/h18,20,26-28,31,33-34,42,48H,2,15-17,19,21-25H2,1,3-14H3,(H,46,51)/b20-18+/t31?,33-,34+,42+,45-/m0/s1. The number of aryl methyl sites for hydroxylation is 1. The Labute approximate surface area is 349 Å². The number of unbranched alkanes of at least 4 members (excludes halogenated alkanes) is 2. The second-order valence-electron chi connectivity index (χ2n) is 19.3. The molecule has 1 saturated heterocycles. The topological polar surface area (TPSA) is 114 Å². The third kappa shape index (κ3) is 10.8. The normalized spacial score (nSPS) is 23.2. The zero-order valence-corrected chi connectivity index (χ0v) is 39.8. The minimum atomic E-state index is -2.20. The van der Waals surface area contributed by atoms with Crippen molar-refractivity contribution in [2.45, 2.75) is 155 Å². The van der Waals surface area contributed by atoms with E-state index >= 15 is 0 Å². The Hall–Kier alpha value is -3.07. The van der Waals surface area contributed by atoms with Crippen LogP contribution in [0.3, 0.4) is 0 Å². The zero-order chi connectivity index (χ0) is 42.7. The van der Waals surface area contributed by atoms with E-state index in [1.54, 1.807) is 17.1 Å². The summed E-state index contributed by atoms with van der Waals surface area (Å²) in [6.45, 7) is 32.4. The van der Waals surface area contributed by atoms with Gasteiger partial charge in [0.25, 0.3) is 0 Å². The number of rotatable bonds is 17. The van der Waals surface area contributed by atoms with Gasteiger partial charge in [-0.3, -0.25) is 9.69 Å². The first-order valence-electron chi connectivity index (χ1n) is 20.8. The number of hydrogen-bond acceptors (Lipinski definition) is 8. The monoisotopic (exact) mass is 838 g/mol. The molecule has 57 heavy (non-hydrogen) atoms. The second kappa shape index (κ2) is 18.5. The van der Waals surface area contributed by atoms with E-state index in [2.05, 4.69) is 85.3 Å². The predicted octanol–water partition coefficient (Wildman–Crippen LogP) is 11.2. The number of thioether (sulfide) groups is 1. The number of ether oxygens (including phenoxy) is 2. The van der Waals surface area contributed by atoms with Gasteiger partial charge in [-0.2, -0.15) is 0 Å². The van der Waals surface area contributed by atoms with E-state index in [4.69, 9.17) is 13.9 Å². The van der Waals surface area contributed by atoms with Crippen LogP contribution in [0.2, 0.25) is 43.8 Å². The van der Waals surface area contributed by atoms with Gasteiger partial charge in [-0.05, 0) is 107 Å². The lowest BCUT2D eigenvalue weighted by Gasteiger charge is -2.55. The number of fused-ring (bicyclic) bond motifs is 1. The number of benzene rings is 1. The number of allylic oxidation sites excluding steroid dienone is 4. The summed E-state index contributed by atoms with van der Waals surface area (Å²) in [5.41, 5.74) is 3.17. The Morgan fingerprint density at radius 1 is 1.18 bits per heavy atom. The molecule has 0 bridgehead atoms. The molecule has 5 atom stereocenters. The molecule has 1 unspecified atom stereocenters. The molecule has 0 radical (unpaired) electrons. The molecule has 4 rings (SSSR count). The second-order valence-corrected chi connectivity index (χ2v) is 30.8. The number of esters is 1. The van der Waals surface area contributed by atoms with E-state index in [1.165, 1.54) is 17.3 Å². The molecule has 1 fully saturated rings. The van der Waals surface area contributed by atoms with Crippen molar-refractivity contribution in [2.24, 2.45) is 11.3 Å². The van der Waals surface area contributed by atoms with Crippen molar-refractivity contribution in [3.63, 3.8) is 0 Å². The van der Waals surface area contributed by atoms with Crippen LogP contribution in [0.5, 0.6) is 11.5 Å². The average molecular weight is 839 g/mol. The number of aromatic hydroxyl groups is 1. The van der Waals surface area contributed by atoms with Gasteiger partial charge in [0.2, 0.25) is 5.91 Å². The number of phenolic OH excluding ortho intramolecular Hbond substituents is 1. The van der Waals surface area contributed by atoms with Crippen molar-refractivity contribution in [3.05, 3.63) is 69.8 Å². The third-order valence-corrected chi connectivity index (χ3v) is 20.1. The van der Waals surface area contributed by atoms with Gasteiger partial charge in [-0.25, -0.2) is 9.59 Å². The third-order valence-electron chi connectivity index (χ3n) is 12.3. The SMILES string of the molecule is C=C(C)[C@@H]1CCC(C)=C[C@H]1c1c(O)cc(CCCCC)cc1OC(=O)NC/C=C/C1=C(C(=O)OCC[Si](C)(C)C)N2C(=O)[C@](C)(C(C)O[Si](C)(C)C(C)(C)C)[C@H]2S1. The number of carbonyl (C=O) groups excluding carboxylic acids is 3. The number of phenols is 1. The van der Waals surface area contributed by atoms with Gasteiger partial charge in [0.05, 0.1) is 12.7 Å². The summed E-state index contributed by atoms with van der Waals surface area (Å²) >= 11 is 1.46. The zero-order valence-electron chi connectivity index (χ0n) is 37.0. The molecule has 12 heteroatoms. The fourth-order valence-corrected chi connectivity index (χ4v) is 11.2. The van der Waals surface area contributed by atoms with Crippen LogP contribution in [0, 0.1) is 11.3 Å².